The molecule has 1 aliphatic rings. The van der Waals surface area contributed by atoms with Crippen molar-refractivity contribution in [3.8, 4) is 0 Å². The number of anilines is 1. The quantitative estimate of drug-likeness (QED) is 0.838. The zero-order valence-electron chi connectivity index (χ0n) is 13.9. The van der Waals surface area contributed by atoms with Crippen LogP contribution < -0.4 is 10.6 Å². The van der Waals surface area contributed by atoms with Crippen LogP contribution in [0.3, 0.4) is 0 Å². The maximum absolute atomic E-state index is 6.05. The fourth-order valence-corrected chi connectivity index (χ4v) is 3.37. The van der Waals surface area contributed by atoms with Gasteiger partial charge in [0.1, 0.15) is 5.82 Å². The van der Waals surface area contributed by atoms with Gasteiger partial charge in [0.2, 0.25) is 0 Å². The van der Waals surface area contributed by atoms with Gasteiger partial charge in [0.15, 0.2) is 0 Å². The molecule has 0 radical (unpaired) electrons. The van der Waals surface area contributed by atoms with Crippen molar-refractivity contribution in [3.05, 3.63) is 23.4 Å². The molecule has 1 heterocycles. The van der Waals surface area contributed by atoms with Gasteiger partial charge in [-0.3, -0.25) is 0 Å². The molecule has 0 saturated heterocycles. The van der Waals surface area contributed by atoms with E-state index in [4.69, 9.17) is 10.7 Å². The number of hydrogen-bond donors (Lipinski definition) is 1. The standard InChI is InChI=1S/C18H31N3/c1-4-16(19)12-15-11-14(2)18(20-13-15)21(3)17-9-7-5-6-8-10-17/h11,13,16-17H,4-10,12,19H2,1-3H3. The SMILES string of the molecule is CCC(N)Cc1cnc(N(C)C2CCCCCC2)c(C)c1. The highest BCUT2D eigenvalue weighted by molar-refractivity contribution is 5.47. The Morgan fingerprint density at radius 1 is 1.29 bits per heavy atom. The molecular formula is C18H31N3. The van der Waals surface area contributed by atoms with E-state index in [1.165, 1.54) is 49.7 Å². The number of rotatable bonds is 5. The van der Waals surface area contributed by atoms with Crippen LogP contribution in [0.15, 0.2) is 12.3 Å². The molecule has 0 spiro atoms. The van der Waals surface area contributed by atoms with Gasteiger partial charge in [0.05, 0.1) is 0 Å². The minimum absolute atomic E-state index is 0.247. The van der Waals surface area contributed by atoms with Crippen LogP contribution in [-0.4, -0.2) is 24.1 Å². The molecule has 1 atom stereocenters. The van der Waals surface area contributed by atoms with E-state index < -0.39 is 0 Å². The third-order valence-corrected chi connectivity index (χ3v) is 4.84. The van der Waals surface area contributed by atoms with Gasteiger partial charge in [-0.2, -0.15) is 0 Å². The molecule has 0 bridgehead atoms. The summed E-state index contributed by atoms with van der Waals surface area (Å²) in [6.07, 6.45) is 12.1. The molecule has 1 aliphatic carbocycles. The zero-order valence-corrected chi connectivity index (χ0v) is 13.9. The topological polar surface area (TPSA) is 42.1 Å². The Hall–Kier alpha value is -1.09. The molecule has 1 fully saturated rings. The maximum Gasteiger partial charge on any atom is 0.131 e. The summed E-state index contributed by atoms with van der Waals surface area (Å²) in [4.78, 5) is 7.15. The second kappa shape index (κ2) is 7.79. The Morgan fingerprint density at radius 2 is 1.95 bits per heavy atom. The molecular weight excluding hydrogens is 258 g/mol. The summed E-state index contributed by atoms with van der Waals surface area (Å²) in [5.74, 6) is 1.15. The first kappa shape index (κ1) is 16.3. The molecule has 3 nitrogen and oxygen atoms in total. The van der Waals surface area contributed by atoms with Crippen molar-refractivity contribution in [2.45, 2.75) is 77.3 Å². The van der Waals surface area contributed by atoms with Crippen molar-refractivity contribution in [3.63, 3.8) is 0 Å². The van der Waals surface area contributed by atoms with Crippen LogP contribution in [0, 0.1) is 6.92 Å². The van der Waals surface area contributed by atoms with Crippen LogP contribution >= 0.6 is 0 Å². The lowest BCUT2D eigenvalue weighted by atomic mass is 10.0. The van der Waals surface area contributed by atoms with Crippen molar-refractivity contribution in [2.24, 2.45) is 5.73 Å². The number of aromatic nitrogens is 1. The third-order valence-electron chi connectivity index (χ3n) is 4.84. The Morgan fingerprint density at radius 3 is 2.52 bits per heavy atom. The van der Waals surface area contributed by atoms with Gasteiger partial charge in [0, 0.05) is 25.3 Å². The maximum atomic E-state index is 6.05. The lowest BCUT2D eigenvalue weighted by Gasteiger charge is -2.29. The molecule has 0 aliphatic heterocycles. The first-order chi connectivity index (χ1) is 10.1. The predicted octanol–water partition coefficient (Wildman–Crippen LogP) is 3.83. The first-order valence-electron chi connectivity index (χ1n) is 8.55. The smallest absolute Gasteiger partial charge is 0.131 e. The van der Waals surface area contributed by atoms with Crippen LogP contribution in [0.4, 0.5) is 5.82 Å². The highest BCUT2D eigenvalue weighted by Gasteiger charge is 2.19. The summed E-state index contributed by atoms with van der Waals surface area (Å²) < 4.78 is 0. The number of pyridine rings is 1. The number of nitrogens with two attached hydrogens (primary N) is 1. The molecule has 3 heteroatoms. The molecule has 2 N–H and O–H groups in total. The van der Waals surface area contributed by atoms with Crippen molar-refractivity contribution in [2.75, 3.05) is 11.9 Å². The average molecular weight is 289 g/mol. The van der Waals surface area contributed by atoms with Gasteiger partial charge in [-0.1, -0.05) is 38.7 Å². The second-order valence-corrected chi connectivity index (χ2v) is 6.61. The Balaban J connectivity index is 2.08. The molecule has 1 aromatic heterocycles. The molecule has 2 rings (SSSR count). The van der Waals surface area contributed by atoms with Gasteiger partial charge in [-0.05, 0) is 43.7 Å². The Labute approximate surface area is 129 Å². The fourth-order valence-electron chi connectivity index (χ4n) is 3.37. The van der Waals surface area contributed by atoms with Gasteiger partial charge in [-0.25, -0.2) is 4.98 Å². The summed E-state index contributed by atoms with van der Waals surface area (Å²) in [6, 6.07) is 3.17. The van der Waals surface area contributed by atoms with Crippen LogP contribution in [0.2, 0.25) is 0 Å². The van der Waals surface area contributed by atoms with Crippen molar-refractivity contribution in [1.82, 2.24) is 4.98 Å². The highest BCUT2D eigenvalue weighted by Crippen LogP contribution is 2.26. The fraction of sp³-hybridized carbons (Fsp3) is 0.722. The third kappa shape index (κ3) is 4.44. The van der Waals surface area contributed by atoms with Gasteiger partial charge >= 0.3 is 0 Å². The molecule has 1 saturated carbocycles. The lowest BCUT2D eigenvalue weighted by molar-refractivity contribution is 0.548. The Bertz CT molecular complexity index is 436. The monoisotopic (exact) mass is 289 g/mol. The van der Waals surface area contributed by atoms with Gasteiger partial charge in [0.25, 0.3) is 0 Å². The summed E-state index contributed by atoms with van der Waals surface area (Å²) >= 11 is 0. The highest BCUT2D eigenvalue weighted by atomic mass is 15.2. The molecule has 1 aromatic rings. The van der Waals surface area contributed by atoms with E-state index in [-0.39, 0.29) is 6.04 Å². The van der Waals surface area contributed by atoms with E-state index in [1.807, 2.05) is 6.20 Å². The minimum atomic E-state index is 0.247. The van der Waals surface area contributed by atoms with E-state index in [9.17, 15) is 0 Å². The lowest BCUT2D eigenvalue weighted by Crippen LogP contribution is -2.32. The zero-order chi connectivity index (χ0) is 15.2. The second-order valence-electron chi connectivity index (χ2n) is 6.61. The van der Waals surface area contributed by atoms with Crippen molar-refractivity contribution in [1.29, 1.82) is 0 Å². The summed E-state index contributed by atoms with van der Waals surface area (Å²) in [5.41, 5.74) is 8.59. The van der Waals surface area contributed by atoms with Crippen molar-refractivity contribution >= 4 is 5.82 Å². The summed E-state index contributed by atoms with van der Waals surface area (Å²) in [7, 11) is 2.21. The predicted molar refractivity (Wildman–Crippen MR) is 90.8 cm³/mol. The molecule has 0 amide bonds. The Kier molecular flexibility index (Phi) is 6.04. The normalized spacial score (nSPS) is 18.3. The van der Waals surface area contributed by atoms with Crippen LogP contribution in [0.1, 0.15) is 63.0 Å². The molecule has 1 unspecified atom stereocenters. The molecule has 118 valence electrons. The van der Waals surface area contributed by atoms with Crippen LogP contribution in [-0.2, 0) is 6.42 Å². The van der Waals surface area contributed by atoms with Crippen molar-refractivity contribution < 1.29 is 0 Å². The van der Waals surface area contributed by atoms with Crippen LogP contribution in [0.25, 0.3) is 0 Å². The molecule has 21 heavy (non-hydrogen) atoms. The number of hydrogen-bond acceptors (Lipinski definition) is 3. The van der Waals surface area contributed by atoms with Gasteiger partial charge < -0.3 is 10.6 Å². The van der Waals surface area contributed by atoms with E-state index in [0.29, 0.717) is 6.04 Å². The minimum Gasteiger partial charge on any atom is -0.356 e. The molecule has 0 aromatic carbocycles. The number of nitrogens with zero attached hydrogens (tertiary/aromatic N) is 2. The van der Waals surface area contributed by atoms with E-state index in [2.05, 4.69) is 31.9 Å². The average Bonchev–Trinajstić information content (AvgIpc) is 2.75. The first-order valence-corrected chi connectivity index (χ1v) is 8.55. The summed E-state index contributed by atoms with van der Waals surface area (Å²) in [5, 5.41) is 0. The van der Waals surface area contributed by atoms with Gasteiger partial charge in [-0.15, -0.1) is 0 Å². The largest absolute Gasteiger partial charge is 0.356 e. The van der Waals surface area contributed by atoms with E-state index in [1.54, 1.807) is 0 Å². The van der Waals surface area contributed by atoms with E-state index in [0.717, 1.165) is 18.7 Å². The number of aryl methyl sites for hydroxylation is 1. The van der Waals surface area contributed by atoms with Crippen LogP contribution in [0.5, 0.6) is 0 Å². The van der Waals surface area contributed by atoms with E-state index >= 15 is 0 Å². The summed E-state index contributed by atoms with van der Waals surface area (Å²) in [6.45, 7) is 4.32.